The van der Waals surface area contributed by atoms with Crippen LogP contribution in [0, 0.1) is 0 Å². The van der Waals surface area contributed by atoms with E-state index < -0.39 is 17.7 Å². The van der Waals surface area contributed by atoms with Gasteiger partial charge in [-0.2, -0.15) is 4.98 Å². The van der Waals surface area contributed by atoms with E-state index >= 15 is 0 Å². The van der Waals surface area contributed by atoms with Gasteiger partial charge in [-0.3, -0.25) is 0 Å². The third-order valence-corrected chi connectivity index (χ3v) is 2.94. The summed E-state index contributed by atoms with van der Waals surface area (Å²) in [6.07, 6.45) is -0.505. The molecular weight excluding hydrogens is 308 g/mol. The summed E-state index contributed by atoms with van der Waals surface area (Å²) in [6, 6.07) is -0.259. The number of esters is 1. The van der Waals surface area contributed by atoms with Crippen molar-refractivity contribution >= 4 is 23.4 Å². The summed E-state index contributed by atoms with van der Waals surface area (Å²) >= 11 is 1.20. The molecule has 1 rings (SSSR count). The lowest BCUT2D eigenvalue weighted by atomic mass is 10.2. The van der Waals surface area contributed by atoms with Crippen molar-refractivity contribution in [3.63, 3.8) is 0 Å². The molecule has 1 heterocycles. The molecule has 1 aromatic heterocycles. The number of hydrogen-bond donors (Lipinski definition) is 1. The fourth-order valence-electron chi connectivity index (χ4n) is 1.37. The van der Waals surface area contributed by atoms with Crippen molar-refractivity contribution in [2.24, 2.45) is 0 Å². The van der Waals surface area contributed by atoms with Gasteiger partial charge >= 0.3 is 12.1 Å². The number of carbonyl (C=O) groups is 2. The molecule has 124 valence electrons. The summed E-state index contributed by atoms with van der Waals surface area (Å²) in [5, 5.41) is 4.57. The molecule has 1 amide bonds. The largest absolute Gasteiger partial charge is 0.468 e. The Hall–Kier alpha value is -1.83. The fraction of sp³-hybridized carbons (Fsp3) is 0.643. The van der Waals surface area contributed by atoms with Gasteiger partial charge in [0.1, 0.15) is 12.2 Å². The normalized spacial score (nSPS) is 12.4. The second-order valence-corrected chi connectivity index (χ2v) is 6.40. The van der Waals surface area contributed by atoms with Gasteiger partial charge in [-0.05, 0) is 34.6 Å². The molecule has 0 aliphatic rings. The van der Waals surface area contributed by atoms with E-state index in [1.165, 1.54) is 11.3 Å². The third-order valence-electron chi connectivity index (χ3n) is 2.19. The van der Waals surface area contributed by atoms with E-state index in [0.29, 0.717) is 11.8 Å². The van der Waals surface area contributed by atoms with Gasteiger partial charge in [0.25, 0.3) is 5.19 Å². The molecule has 0 aliphatic carbocycles. The minimum atomic E-state index is -0.547. The van der Waals surface area contributed by atoms with E-state index in [0.717, 1.165) is 0 Å². The molecule has 0 fully saturated rings. The molecule has 0 unspecified atom stereocenters. The van der Waals surface area contributed by atoms with Gasteiger partial charge in [0.15, 0.2) is 5.69 Å². The molecular formula is C14H22N2O5S. The smallest absolute Gasteiger partial charge is 0.407 e. The van der Waals surface area contributed by atoms with Gasteiger partial charge in [-0.15, -0.1) is 0 Å². The van der Waals surface area contributed by atoms with E-state index in [-0.39, 0.29) is 18.3 Å². The van der Waals surface area contributed by atoms with Gasteiger partial charge in [-0.1, -0.05) is 11.3 Å². The number of ether oxygens (including phenoxy) is 3. The van der Waals surface area contributed by atoms with Gasteiger partial charge in [0.2, 0.25) is 0 Å². The lowest BCUT2D eigenvalue weighted by Gasteiger charge is -2.21. The molecule has 1 N–H and O–H groups in total. The van der Waals surface area contributed by atoms with Crippen molar-refractivity contribution < 1.29 is 23.8 Å². The number of rotatable bonds is 6. The molecule has 0 aliphatic heterocycles. The van der Waals surface area contributed by atoms with Crippen molar-refractivity contribution in [3.05, 3.63) is 11.1 Å². The molecule has 7 nitrogen and oxygen atoms in total. The van der Waals surface area contributed by atoms with Crippen LogP contribution in [0.3, 0.4) is 0 Å². The molecule has 0 saturated carbocycles. The average molecular weight is 330 g/mol. The van der Waals surface area contributed by atoms with E-state index in [1.54, 1.807) is 40.0 Å². The summed E-state index contributed by atoms with van der Waals surface area (Å²) < 4.78 is 15.4. The Morgan fingerprint density at radius 1 is 1.41 bits per heavy atom. The summed E-state index contributed by atoms with van der Waals surface area (Å²) in [5.41, 5.74) is -0.330. The van der Waals surface area contributed by atoms with E-state index in [9.17, 15) is 9.59 Å². The van der Waals surface area contributed by atoms with Gasteiger partial charge in [0, 0.05) is 5.38 Å². The van der Waals surface area contributed by atoms with Crippen LogP contribution in [0.2, 0.25) is 0 Å². The molecule has 1 atom stereocenters. The maximum Gasteiger partial charge on any atom is 0.407 e. The highest BCUT2D eigenvalue weighted by atomic mass is 32.1. The molecule has 0 saturated heterocycles. The first-order valence-electron chi connectivity index (χ1n) is 6.96. The van der Waals surface area contributed by atoms with Crippen molar-refractivity contribution in [2.75, 3.05) is 13.2 Å². The number of thiazole rings is 1. The second kappa shape index (κ2) is 7.98. The van der Waals surface area contributed by atoms with E-state index in [2.05, 4.69) is 10.3 Å². The molecule has 0 bridgehead atoms. The van der Waals surface area contributed by atoms with Crippen molar-refractivity contribution in [1.82, 2.24) is 10.3 Å². The zero-order chi connectivity index (χ0) is 16.8. The van der Waals surface area contributed by atoms with Crippen LogP contribution < -0.4 is 10.1 Å². The zero-order valence-electron chi connectivity index (χ0n) is 13.5. The number of aromatic nitrogens is 1. The molecule has 1 aromatic rings. The molecule has 8 heteroatoms. The number of alkyl carbamates (subject to hydrolysis) is 1. The van der Waals surface area contributed by atoms with Crippen LogP contribution in [0.4, 0.5) is 4.79 Å². The highest BCUT2D eigenvalue weighted by molar-refractivity contribution is 7.11. The van der Waals surface area contributed by atoms with Crippen LogP contribution in [-0.2, 0) is 9.47 Å². The Morgan fingerprint density at radius 3 is 2.68 bits per heavy atom. The highest BCUT2D eigenvalue weighted by Gasteiger charge is 2.18. The van der Waals surface area contributed by atoms with Gasteiger partial charge in [-0.25, -0.2) is 9.59 Å². The maximum absolute atomic E-state index is 11.6. The quantitative estimate of drug-likeness (QED) is 0.807. The molecule has 22 heavy (non-hydrogen) atoms. The average Bonchev–Trinajstić information content (AvgIpc) is 2.83. The number of amides is 1. The van der Waals surface area contributed by atoms with Crippen LogP contribution in [0.15, 0.2) is 5.38 Å². The van der Waals surface area contributed by atoms with Crippen molar-refractivity contribution in [3.8, 4) is 5.19 Å². The number of carbonyl (C=O) groups excluding carboxylic acids is 2. The van der Waals surface area contributed by atoms with Crippen molar-refractivity contribution in [1.29, 1.82) is 0 Å². The van der Waals surface area contributed by atoms with Crippen LogP contribution >= 0.6 is 11.3 Å². The first kappa shape index (κ1) is 18.2. The maximum atomic E-state index is 11.6. The van der Waals surface area contributed by atoms with Gasteiger partial charge < -0.3 is 19.5 Å². The molecule has 0 spiro atoms. The molecule has 0 aromatic carbocycles. The zero-order valence-corrected chi connectivity index (χ0v) is 14.3. The monoisotopic (exact) mass is 330 g/mol. The SMILES string of the molecule is CCOC(=O)c1csc(OC[C@H](C)NC(=O)OC(C)(C)C)n1. The Morgan fingerprint density at radius 2 is 2.09 bits per heavy atom. The second-order valence-electron chi connectivity index (χ2n) is 5.58. The number of nitrogens with zero attached hydrogens (tertiary/aromatic N) is 1. The lowest BCUT2D eigenvalue weighted by molar-refractivity contribution is 0.0492. The topological polar surface area (TPSA) is 86.8 Å². The first-order chi connectivity index (χ1) is 10.2. The van der Waals surface area contributed by atoms with Crippen LogP contribution in [0.5, 0.6) is 5.19 Å². The highest BCUT2D eigenvalue weighted by Crippen LogP contribution is 2.18. The summed E-state index contributed by atoms with van der Waals surface area (Å²) in [7, 11) is 0. The predicted octanol–water partition coefficient (Wildman–Crippen LogP) is 2.61. The Balaban J connectivity index is 2.40. The minimum Gasteiger partial charge on any atom is -0.468 e. The minimum absolute atomic E-state index is 0.217. The molecule has 0 radical (unpaired) electrons. The van der Waals surface area contributed by atoms with Crippen LogP contribution in [-0.4, -0.2) is 41.9 Å². The first-order valence-corrected chi connectivity index (χ1v) is 7.84. The number of nitrogens with one attached hydrogen (secondary N) is 1. The summed E-state index contributed by atoms with van der Waals surface area (Å²) in [6.45, 7) is 9.40. The summed E-state index contributed by atoms with van der Waals surface area (Å²) in [4.78, 5) is 27.1. The third kappa shape index (κ3) is 6.75. The standard InChI is InChI=1S/C14H22N2O5S/c1-6-19-11(17)10-8-22-13(16-10)20-7-9(2)15-12(18)21-14(3,4)5/h8-9H,6-7H2,1-5H3,(H,15,18)/t9-/m0/s1. The fourth-order valence-corrected chi connectivity index (χ4v) is 2.02. The van der Waals surface area contributed by atoms with Crippen molar-refractivity contribution in [2.45, 2.75) is 46.3 Å². The predicted molar refractivity (Wildman–Crippen MR) is 82.4 cm³/mol. The number of hydrogen-bond acceptors (Lipinski definition) is 7. The van der Waals surface area contributed by atoms with E-state index in [4.69, 9.17) is 14.2 Å². The van der Waals surface area contributed by atoms with Crippen LogP contribution in [0.1, 0.15) is 45.1 Å². The Bertz CT molecular complexity index is 510. The Labute approximate surface area is 134 Å². The van der Waals surface area contributed by atoms with Gasteiger partial charge in [0.05, 0.1) is 12.6 Å². The Kier molecular flexibility index (Phi) is 6.61. The summed E-state index contributed by atoms with van der Waals surface area (Å²) in [5.74, 6) is -0.478. The lowest BCUT2D eigenvalue weighted by Crippen LogP contribution is -2.40. The van der Waals surface area contributed by atoms with E-state index in [1.807, 2.05) is 0 Å². The van der Waals surface area contributed by atoms with Crippen LogP contribution in [0.25, 0.3) is 0 Å².